The lowest BCUT2D eigenvalue weighted by atomic mass is 10.1. The summed E-state index contributed by atoms with van der Waals surface area (Å²) in [6.07, 6.45) is -10.1. The molecule has 2 N–H and O–H groups in total. The molecule has 0 aliphatic heterocycles. The van der Waals surface area contributed by atoms with Crippen molar-refractivity contribution in [3.8, 4) is 11.5 Å². The third kappa shape index (κ3) is 6.47. The second-order valence-corrected chi connectivity index (χ2v) is 6.50. The third-order valence-electron chi connectivity index (χ3n) is 3.83. The summed E-state index contributed by atoms with van der Waals surface area (Å²) in [5.74, 6) is -2.50. The highest BCUT2D eigenvalue weighted by molar-refractivity contribution is 5.97. The Labute approximate surface area is 175 Å². The van der Waals surface area contributed by atoms with E-state index in [9.17, 15) is 46.4 Å². The van der Waals surface area contributed by atoms with E-state index in [0.717, 1.165) is 25.1 Å². The second-order valence-electron chi connectivity index (χ2n) is 6.50. The topological polar surface area (TPSA) is 111 Å². The number of benzene rings is 2. The number of nitrogens with one attached hydrogen (secondary N) is 1. The normalized spacial score (nSPS) is 13.8. The fourth-order valence-corrected chi connectivity index (χ4v) is 2.33. The molecule has 0 fully saturated rings. The molecule has 0 bridgehead atoms. The fourth-order valence-electron chi connectivity index (χ4n) is 2.33. The zero-order chi connectivity index (χ0) is 24.3. The van der Waals surface area contributed by atoms with Gasteiger partial charge in [-0.2, -0.15) is 13.2 Å². The molecule has 2 rings (SSSR count). The van der Waals surface area contributed by atoms with Crippen LogP contribution in [0.25, 0.3) is 0 Å². The average Bonchev–Trinajstić information content (AvgIpc) is 2.65. The molecule has 1 amide bonds. The SMILES string of the molecule is CC(O)(COc1ccccc1OC(F)(F)F)C(=O)Nc1ccc([N+](=O)[O-])c(C(F)(F)F)c1. The van der Waals surface area contributed by atoms with Gasteiger partial charge in [0, 0.05) is 11.8 Å². The Morgan fingerprint density at radius 3 is 2.22 bits per heavy atom. The summed E-state index contributed by atoms with van der Waals surface area (Å²) >= 11 is 0. The van der Waals surface area contributed by atoms with Crippen molar-refractivity contribution < 1.29 is 50.6 Å². The van der Waals surface area contributed by atoms with Crippen LogP contribution in [0.2, 0.25) is 0 Å². The van der Waals surface area contributed by atoms with Crippen molar-refractivity contribution in [3.63, 3.8) is 0 Å². The van der Waals surface area contributed by atoms with Gasteiger partial charge in [0.25, 0.3) is 11.6 Å². The van der Waals surface area contributed by atoms with Gasteiger partial charge in [-0.15, -0.1) is 13.2 Å². The third-order valence-corrected chi connectivity index (χ3v) is 3.83. The molecule has 0 aromatic heterocycles. The molecule has 1 atom stereocenters. The molecule has 1 unspecified atom stereocenters. The molecule has 0 radical (unpaired) electrons. The van der Waals surface area contributed by atoms with E-state index in [1.807, 2.05) is 5.32 Å². The van der Waals surface area contributed by atoms with Crippen LogP contribution in [0, 0.1) is 10.1 Å². The number of nitrogens with zero attached hydrogens (tertiary/aromatic N) is 1. The van der Waals surface area contributed by atoms with Crippen LogP contribution in [-0.2, 0) is 11.0 Å². The van der Waals surface area contributed by atoms with Gasteiger partial charge in [0.05, 0.1) is 4.92 Å². The average molecular weight is 468 g/mol. The highest BCUT2D eigenvalue weighted by Crippen LogP contribution is 2.38. The summed E-state index contributed by atoms with van der Waals surface area (Å²) in [7, 11) is 0. The number of rotatable bonds is 7. The van der Waals surface area contributed by atoms with E-state index in [1.54, 1.807) is 0 Å². The Morgan fingerprint density at radius 2 is 1.69 bits per heavy atom. The number of carbonyl (C=O) groups excluding carboxylic acids is 1. The molecule has 2 aromatic rings. The number of nitro groups is 1. The quantitative estimate of drug-likeness (QED) is 0.357. The number of halogens is 6. The fraction of sp³-hybridized carbons (Fsp3) is 0.278. The molecule has 0 aliphatic carbocycles. The molecule has 0 spiro atoms. The summed E-state index contributed by atoms with van der Waals surface area (Å²) in [5.41, 5.74) is -5.82. The number of carbonyl (C=O) groups is 1. The maximum atomic E-state index is 13.0. The van der Waals surface area contributed by atoms with Crippen LogP contribution in [0.1, 0.15) is 12.5 Å². The zero-order valence-electron chi connectivity index (χ0n) is 16.0. The van der Waals surface area contributed by atoms with Gasteiger partial charge in [-0.25, -0.2) is 0 Å². The maximum absolute atomic E-state index is 13.0. The highest BCUT2D eigenvalue weighted by Gasteiger charge is 2.39. The summed E-state index contributed by atoms with van der Waals surface area (Å²) < 4.78 is 85.3. The molecule has 0 aliphatic rings. The van der Waals surface area contributed by atoms with E-state index in [4.69, 9.17) is 4.74 Å². The lowest BCUT2D eigenvalue weighted by molar-refractivity contribution is -0.388. The second kappa shape index (κ2) is 8.90. The lowest BCUT2D eigenvalue weighted by Gasteiger charge is -2.23. The number of hydrogen-bond donors (Lipinski definition) is 2. The smallest absolute Gasteiger partial charge is 0.486 e. The number of amides is 1. The lowest BCUT2D eigenvalue weighted by Crippen LogP contribution is -2.45. The van der Waals surface area contributed by atoms with E-state index < -0.39 is 64.0 Å². The zero-order valence-corrected chi connectivity index (χ0v) is 16.0. The standard InChI is InChI=1S/C18H14F6N2O6/c1-16(28,9-31-13-4-2-3-5-14(13)32-18(22,23)24)15(27)25-10-6-7-12(26(29)30)11(8-10)17(19,20)21/h2-8,28H,9H2,1H3,(H,25,27). The monoisotopic (exact) mass is 468 g/mol. The molecule has 32 heavy (non-hydrogen) atoms. The molecule has 8 nitrogen and oxygen atoms in total. The molecule has 174 valence electrons. The predicted octanol–water partition coefficient (Wildman–Crippen LogP) is 4.28. The molecular formula is C18H14F6N2O6. The van der Waals surface area contributed by atoms with Crippen LogP contribution in [-0.4, -0.2) is 34.5 Å². The first-order chi connectivity index (χ1) is 14.6. The van der Waals surface area contributed by atoms with Gasteiger partial charge in [0.15, 0.2) is 17.1 Å². The summed E-state index contributed by atoms with van der Waals surface area (Å²) in [6.45, 7) is -0.0121. The van der Waals surface area contributed by atoms with E-state index >= 15 is 0 Å². The molecule has 0 heterocycles. The first-order valence-corrected chi connectivity index (χ1v) is 8.47. The summed E-state index contributed by atoms with van der Waals surface area (Å²) in [4.78, 5) is 21.8. The van der Waals surface area contributed by atoms with Gasteiger partial charge in [-0.05, 0) is 31.2 Å². The molecule has 2 aromatic carbocycles. The van der Waals surface area contributed by atoms with Gasteiger partial charge in [-0.1, -0.05) is 12.1 Å². The number of nitro benzene ring substituents is 1. The number of ether oxygens (including phenoxy) is 2. The van der Waals surface area contributed by atoms with E-state index in [-0.39, 0.29) is 0 Å². The molecule has 14 heteroatoms. The van der Waals surface area contributed by atoms with E-state index in [0.29, 0.717) is 12.1 Å². The van der Waals surface area contributed by atoms with Crippen LogP contribution in [0.5, 0.6) is 11.5 Å². The van der Waals surface area contributed by atoms with Gasteiger partial charge < -0.3 is 19.9 Å². The number of alkyl halides is 6. The first kappa shape index (κ1) is 24.7. The van der Waals surface area contributed by atoms with Crippen molar-refractivity contribution in [2.24, 2.45) is 0 Å². The number of anilines is 1. The summed E-state index contributed by atoms with van der Waals surface area (Å²) in [6, 6.07) is 6.14. The van der Waals surface area contributed by atoms with Gasteiger partial charge >= 0.3 is 12.5 Å². The van der Waals surface area contributed by atoms with Gasteiger partial charge in [-0.3, -0.25) is 14.9 Å². The van der Waals surface area contributed by atoms with Crippen molar-refractivity contribution in [2.75, 3.05) is 11.9 Å². The Bertz CT molecular complexity index is 1010. The molecule has 0 saturated carbocycles. The van der Waals surface area contributed by atoms with Crippen molar-refractivity contribution in [1.29, 1.82) is 0 Å². The molecule has 0 saturated heterocycles. The van der Waals surface area contributed by atoms with Crippen LogP contribution in [0.3, 0.4) is 0 Å². The van der Waals surface area contributed by atoms with Crippen LogP contribution >= 0.6 is 0 Å². The number of hydrogen-bond acceptors (Lipinski definition) is 6. The first-order valence-electron chi connectivity index (χ1n) is 8.47. The van der Waals surface area contributed by atoms with Crippen molar-refractivity contribution >= 4 is 17.3 Å². The highest BCUT2D eigenvalue weighted by atomic mass is 19.4. The minimum atomic E-state index is -5.10. The van der Waals surface area contributed by atoms with Gasteiger partial charge in [0.2, 0.25) is 0 Å². The number of para-hydroxylation sites is 2. The number of aliphatic hydroxyl groups is 1. The maximum Gasteiger partial charge on any atom is 0.573 e. The largest absolute Gasteiger partial charge is 0.573 e. The Kier molecular flexibility index (Phi) is 6.87. The van der Waals surface area contributed by atoms with Crippen molar-refractivity contribution in [1.82, 2.24) is 0 Å². The Balaban J connectivity index is 2.17. The minimum absolute atomic E-state index is 0.305. The van der Waals surface area contributed by atoms with Crippen molar-refractivity contribution in [3.05, 3.63) is 58.1 Å². The Hall–Kier alpha value is -3.55. The predicted molar refractivity (Wildman–Crippen MR) is 96.0 cm³/mol. The van der Waals surface area contributed by atoms with Crippen LogP contribution in [0.15, 0.2) is 42.5 Å². The molecular weight excluding hydrogens is 454 g/mol. The Morgan fingerprint density at radius 1 is 1.09 bits per heavy atom. The van der Waals surface area contributed by atoms with Crippen LogP contribution < -0.4 is 14.8 Å². The van der Waals surface area contributed by atoms with Gasteiger partial charge in [0.1, 0.15) is 12.2 Å². The van der Waals surface area contributed by atoms with Crippen molar-refractivity contribution in [2.45, 2.75) is 25.1 Å². The minimum Gasteiger partial charge on any atom is -0.486 e. The van der Waals surface area contributed by atoms with Crippen LogP contribution in [0.4, 0.5) is 37.7 Å². The summed E-state index contributed by atoms with van der Waals surface area (Å²) in [5, 5.41) is 23.0. The van der Waals surface area contributed by atoms with E-state index in [2.05, 4.69) is 4.74 Å². The van der Waals surface area contributed by atoms with E-state index in [1.165, 1.54) is 12.1 Å².